The highest BCUT2D eigenvalue weighted by Gasteiger charge is 2.14. The summed E-state index contributed by atoms with van der Waals surface area (Å²) in [5, 5.41) is 3.58. The van der Waals surface area contributed by atoms with E-state index in [9.17, 15) is 16.8 Å². The summed E-state index contributed by atoms with van der Waals surface area (Å²) >= 11 is 6.19. The summed E-state index contributed by atoms with van der Waals surface area (Å²) in [6, 6.07) is 13.0. The zero-order valence-electron chi connectivity index (χ0n) is 17.5. The highest BCUT2D eigenvalue weighted by molar-refractivity contribution is 7.91. The Labute approximate surface area is 192 Å². The number of nitrogens with one attached hydrogen (secondary N) is 1. The monoisotopic (exact) mass is 494 g/mol. The molecule has 0 bridgehead atoms. The van der Waals surface area contributed by atoms with Crippen LogP contribution in [-0.2, 0) is 25.4 Å². The third-order valence-electron chi connectivity index (χ3n) is 4.74. The molecule has 0 amide bonds. The number of rotatable bonds is 8. The number of nitrogens with zero attached hydrogens (tertiary/aromatic N) is 2. The summed E-state index contributed by atoms with van der Waals surface area (Å²) in [5.74, 6) is 0.117. The van der Waals surface area contributed by atoms with Gasteiger partial charge >= 0.3 is 0 Å². The summed E-state index contributed by atoms with van der Waals surface area (Å²) in [6.45, 7) is 1.99. The van der Waals surface area contributed by atoms with E-state index in [1.807, 2.05) is 19.1 Å². The lowest BCUT2D eigenvalue weighted by atomic mass is 10.1. The van der Waals surface area contributed by atoms with Crippen molar-refractivity contribution in [2.45, 2.75) is 17.6 Å². The van der Waals surface area contributed by atoms with Crippen molar-refractivity contribution in [3.8, 4) is 11.3 Å². The molecular weight excluding hydrogens is 472 g/mol. The smallest absolute Gasteiger partial charge is 0.222 e. The molecule has 2 aromatic carbocycles. The van der Waals surface area contributed by atoms with Gasteiger partial charge in [-0.05, 0) is 36.2 Å². The Hall–Kier alpha value is -2.69. The fourth-order valence-electron chi connectivity index (χ4n) is 3.07. The molecule has 0 atom stereocenters. The minimum Gasteiger partial charge on any atom is -0.369 e. The van der Waals surface area contributed by atoms with E-state index in [0.717, 1.165) is 17.4 Å². The van der Waals surface area contributed by atoms with Gasteiger partial charge in [0.15, 0.2) is 19.7 Å². The molecule has 0 unspecified atom stereocenters. The van der Waals surface area contributed by atoms with Gasteiger partial charge in [0.2, 0.25) is 5.95 Å². The zero-order chi connectivity index (χ0) is 23.5. The van der Waals surface area contributed by atoms with Gasteiger partial charge in [0, 0.05) is 29.5 Å². The summed E-state index contributed by atoms with van der Waals surface area (Å²) in [5.41, 5.74) is 8.58. The van der Waals surface area contributed by atoms with E-state index in [1.165, 1.54) is 24.3 Å². The number of anilines is 2. The molecule has 170 valence electrons. The van der Waals surface area contributed by atoms with Gasteiger partial charge in [0.1, 0.15) is 5.82 Å². The van der Waals surface area contributed by atoms with Crippen molar-refractivity contribution >= 4 is 43.0 Å². The van der Waals surface area contributed by atoms with Crippen LogP contribution in [0.2, 0.25) is 5.02 Å². The van der Waals surface area contributed by atoms with Crippen LogP contribution in [0.15, 0.2) is 53.4 Å². The molecule has 0 fully saturated rings. The van der Waals surface area contributed by atoms with Crippen molar-refractivity contribution in [2.75, 3.05) is 29.6 Å². The maximum atomic E-state index is 12.5. The van der Waals surface area contributed by atoms with Gasteiger partial charge < -0.3 is 11.1 Å². The number of benzene rings is 2. The third kappa shape index (κ3) is 6.18. The van der Waals surface area contributed by atoms with Gasteiger partial charge in [-0.25, -0.2) is 21.8 Å². The van der Waals surface area contributed by atoms with Gasteiger partial charge in [0.25, 0.3) is 0 Å². The Bertz CT molecular complexity index is 1340. The molecule has 0 saturated heterocycles. The van der Waals surface area contributed by atoms with Crippen LogP contribution < -0.4 is 11.1 Å². The first kappa shape index (κ1) is 24.0. The van der Waals surface area contributed by atoms with Crippen molar-refractivity contribution in [3.05, 3.63) is 64.7 Å². The lowest BCUT2D eigenvalue weighted by molar-refractivity contribution is 0.595. The van der Waals surface area contributed by atoms with Crippen molar-refractivity contribution in [3.63, 3.8) is 0 Å². The Balaban J connectivity index is 1.67. The number of halogens is 1. The van der Waals surface area contributed by atoms with E-state index in [2.05, 4.69) is 15.3 Å². The van der Waals surface area contributed by atoms with E-state index in [4.69, 9.17) is 17.3 Å². The van der Waals surface area contributed by atoms with Gasteiger partial charge in [-0.3, -0.25) is 0 Å². The molecule has 0 aliphatic carbocycles. The Morgan fingerprint density at radius 1 is 1.03 bits per heavy atom. The molecule has 0 aliphatic heterocycles. The fourth-order valence-corrected chi connectivity index (χ4v) is 5.14. The average Bonchev–Trinajstić information content (AvgIpc) is 2.69. The SMILES string of the molecule is Cc1c(Cl)cccc1-c1cc(NCCS(=O)(=O)Cc2ccc(S(C)(=O)=O)cc2)nc(N)n1. The quantitative estimate of drug-likeness (QED) is 0.488. The molecule has 0 aliphatic rings. The zero-order valence-corrected chi connectivity index (χ0v) is 19.9. The van der Waals surface area contributed by atoms with Crippen molar-refractivity contribution in [2.24, 2.45) is 0 Å². The molecular formula is C21H23ClN4O4S2. The van der Waals surface area contributed by atoms with Crippen LogP contribution in [0, 0.1) is 6.92 Å². The molecule has 0 spiro atoms. The number of nitrogens with two attached hydrogens (primary N) is 1. The number of aromatic nitrogens is 2. The lowest BCUT2D eigenvalue weighted by Crippen LogP contribution is -2.18. The standard InChI is InChI=1S/C21H23ClN4O4S2/c1-14-17(4-3-5-18(14)22)19-12-20(26-21(23)25-19)24-10-11-32(29,30)13-15-6-8-16(9-7-15)31(2,27)28/h3-9,12H,10-11,13H2,1-2H3,(H3,23,24,25,26). The topological polar surface area (TPSA) is 132 Å². The van der Waals surface area contributed by atoms with Crippen molar-refractivity contribution < 1.29 is 16.8 Å². The lowest BCUT2D eigenvalue weighted by Gasteiger charge is -2.11. The van der Waals surface area contributed by atoms with Crippen molar-refractivity contribution in [1.29, 1.82) is 0 Å². The van der Waals surface area contributed by atoms with Crippen LogP contribution in [0.1, 0.15) is 11.1 Å². The number of hydrogen-bond acceptors (Lipinski definition) is 8. The van der Waals surface area contributed by atoms with Crippen LogP contribution >= 0.6 is 11.6 Å². The van der Waals surface area contributed by atoms with E-state index < -0.39 is 19.7 Å². The molecule has 8 nitrogen and oxygen atoms in total. The van der Waals surface area contributed by atoms with E-state index in [-0.39, 0.29) is 28.9 Å². The summed E-state index contributed by atoms with van der Waals surface area (Å²) in [7, 11) is -6.77. The number of sulfone groups is 2. The van der Waals surface area contributed by atoms with Gasteiger partial charge in [0.05, 0.1) is 22.1 Å². The van der Waals surface area contributed by atoms with Gasteiger partial charge in [-0.1, -0.05) is 35.9 Å². The second-order valence-corrected chi connectivity index (χ2v) is 12.0. The van der Waals surface area contributed by atoms with E-state index in [0.29, 0.717) is 22.1 Å². The average molecular weight is 495 g/mol. The first-order valence-electron chi connectivity index (χ1n) is 9.58. The Morgan fingerprint density at radius 3 is 2.38 bits per heavy atom. The number of hydrogen-bond donors (Lipinski definition) is 2. The summed E-state index contributed by atoms with van der Waals surface area (Å²) < 4.78 is 48.0. The molecule has 0 saturated carbocycles. The molecule has 1 heterocycles. The minimum atomic E-state index is -3.44. The third-order valence-corrected chi connectivity index (χ3v) is 7.88. The first-order valence-corrected chi connectivity index (χ1v) is 13.7. The molecule has 0 radical (unpaired) electrons. The van der Waals surface area contributed by atoms with Crippen LogP contribution in [0.3, 0.4) is 0 Å². The fraction of sp³-hybridized carbons (Fsp3) is 0.238. The first-order chi connectivity index (χ1) is 14.9. The maximum absolute atomic E-state index is 12.5. The molecule has 1 aromatic heterocycles. The summed E-state index contributed by atoms with van der Waals surface area (Å²) in [6.07, 6.45) is 1.10. The minimum absolute atomic E-state index is 0.0539. The maximum Gasteiger partial charge on any atom is 0.222 e. The van der Waals surface area contributed by atoms with Crippen LogP contribution in [0.5, 0.6) is 0 Å². The molecule has 3 aromatic rings. The summed E-state index contributed by atoms with van der Waals surface area (Å²) in [4.78, 5) is 8.51. The Morgan fingerprint density at radius 2 is 1.72 bits per heavy atom. The van der Waals surface area contributed by atoms with Crippen molar-refractivity contribution in [1.82, 2.24) is 9.97 Å². The van der Waals surface area contributed by atoms with Crippen LogP contribution in [0.4, 0.5) is 11.8 Å². The van der Waals surface area contributed by atoms with E-state index in [1.54, 1.807) is 12.1 Å². The predicted molar refractivity (Wildman–Crippen MR) is 127 cm³/mol. The normalized spacial score (nSPS) is 12.0. The second kappa shape index (κ2) is 9.43. The number of nitrogen functional groups attached to an aromatic ring is 1. The van der Waals surface area contributed by atoms with Crippen LogP contribution in [0.25, 0.3) is 11.3 Å². The largest absolute Gasteiger partial charge is 0.369 e. The van der Waals surface area contributed by atoms with Crippen LogP contribution in [-0.4, -0.2) is 45.4 Å². The molecule has 3 rings (SSSR count). The van der Waals surface area contributed by atoms with E-state index >= 15 is 0 Å². The Kier molecular flexibility index (Phi) is 7.06. The highest BCUT2D eigenvalue weighted by Crippen LogP contribution is 2.28. The highest BCUT2D eigenvalue weighted by atomic mass is 35.5. The van der Waals surface area contributed by atoms with Gasteiger partial charge in [-0.15, -0.1) is 0 Å². The predicted octanol–water partition coefficient (Wildman–Crippen LogP) is 3.12. The second-order valence-electron chi connectivity index (χ2n) is 7.34. The van der Waals surface area contributed by atoms with Gasteiger partial charge in [-0.2, -0.15) is 4.98 Å². The molecule has 11 heteroatoms. The molecule has 32 heavy (non-hydrogen) atoms. The molecule has 3 N–H and O–H groups in total.